The molecular formula is C16H19BrN2O3. The van der Waals surface area contributed by atoms with E-state index in [0.717, 1.165) is 42.0 Å². The van der Waals surface area contributed by atoms with Gasteiger partial charge in [-0.3, -0.25) is 0 Å². The number of halogens is 1. The molecule has 3 atom stereocenters. The van der Waals surface area contributed by atoms with Crippen molar-refractivity contribution in [2.24, 2.45) is 5.92 Å². The summed E-state index contributed by atoms with van der Waals surface area (Å²) >= 11 is 3.44. The molecule has 1 aromatic carbocycles. The second-order valence-electron chi connectivity index (χ2n) is 5.88. The second kappa shape index (κ2) is 5.91. The van der Waals surface area contributed by atoms with Crippen molar-refractivity contribution in [3.63, 3.8) is 0 Å². The number of carbonyl (C=O) groups excluding carboxylic acids is 2. The zero-order valence-corrected chi connectivity index (χ0v) is 14.0. The number of rotatable bonds is 2. The molecule has 0 aromatic heterocycles. The molecule has 3 rings (SSSR count). The first-order valence-electron chi connectivity index (χ1n) is 7.53. The van der Waals surface area contributed by atoms with E-state index in [-0.39, 0.29) is 18.1 Å². The number of nitrogens with one attached hydrogen (secondary N) is 2. The Morgan fingerprint density at radius 1 is 1.41 bits per heavy atom. The van der Waals surface area contributed by atoms with E-state index in [2.05, 4.69) is 26.6 Å². The number of hydrogen-bond acceptors (Lipinski definition) is 3. The lowest BCUT2D eigenvalue weighted by Gasteiger charge is -2.48. The van der Waals surface area contributed by atoms with Crippen molar-refractivity contribution >= 4 is 28.2 Å². The smallest absolute Gasteiger partial charge is 0.315 e. The zero-order valence-electron chi connectivity index (χ0n) is 12.4. The van der Waals surface area contributed by atoms with E-state index in [0.29, 0.717) is 5.75 Å². The third kappa shape index (κ3) is 2.39. The average molecular weight is 367 g/mol. The molecule has 1 aromatic rings. The van der Waals surface area contributed by atoms with Gasteiger partial charge in [0, 0.05) is 23.0 Å². The molecular weight excluding hydrogens is 348 g/mol. The average Bonchev–Trinajstić information content (AvgIpc) is 2.55. The van der Waals surface area contributed by atoms with Crippen LogP contribution in [0.1, 0.15) is 31.2 Å². The molecule has 1 fully saturated rings. The van der Waals surface area contributed by atoms with E-state index in [9.17, 15) is 9.59 Å². The molecule has 3 unspecified atom stereocenters. The fourth-order valence-electron chi connectivity index (χ4n) is 3.64. The minimum absolute atomic E-state index is 0.0372. The van der Waals surface area contributed by atoms with E-state index in [1.165, 1.54) is 0 Å². The summed E-state index contributed by atoms with van der Waals surface area (Å²) in [5.74, 6) is 0.632. The van der Waals surface area contributed by atoms with Gasteiger partial charge in [0.05, 0.1) is 0 Å². The van der Waals surface area contributed by atoms with Gasteiger partial charge in [-0.1, -0.05) is 22.4 Å². The molecule has 1 aliphatic heterocycles. The Morgan fingerprint density at radius 2 is 2.18 bits per heavy atom. The van der Waals surface area contributed by atoms with Crippen molar-refractivity contribution in [1.82, 2.24) is 10.6 Å². The Bertz CT molecular complexity index is 607. The summed E-state index contributed by atoms with van der Waals surface area (Å²) in [6.45, 7) is 0. The molecule has 0 radical (unpaired) electrons. The van der Waals surface area contributed by atoms with Gasteiger partial charge < -0.3 is 20.2 Å². The second-order valence-corrected chi connectivity index (χ2v) is 6.79. The molecule has 1 heterocycles. The number of carbonyl (C=O) groups is 2. The molecule has 0 spiro atoms. The van der Waals surface area contributed by atoms with E-state index in [1.54, 1.807) is 7.05 Å². The van der Waals surface area contributed by atoms with Gasteiger partial charge in [0.25, 0.3) is 0 Å². The van der Waals surface area contributed by atoms with E-state index >= 15 is 0 Å². The lowest BCUT2D eigenvalue weighted by atomic mass is 9.68. The van der Waals surface area contributed by atoms with Crippen LogP contribution in [0, 0.1) is 5.92 Å². The van der Waals surface area contributed by atoms with Crippen molar-refractivity contribution in [3.8, 4) is 5.75 Å². The van der Waals surface area contributed by atoms with E-state index in [4.69, 9.17) is 4.74 Å². The third-order valence-electron chi connectivity index (χ3n) is 4.69. The first-order valence-corrected chi connectivity index (χ1v) is 8.33. The lowest BCUT2D eigenvalue weighted by molar-refractivity contribution is -0.120. The highest BCUT2D eigenvalue weighted by molar-refractivity contribution is 9.10. The number of benzene rings is 1. The van der Waals surface area contributed by atoms with Gasteiger partial charge in [0.1, 0.15) is 17.4 Å². The summed E-state index contributed by atoms with van der Waals surface area (Å²) in [6.07, 6.45) is 4.73. The summed E-state index contributed by atoms with van der Waals surface area (Å²) in [4.78, 5) is 24.1. The summed E-state index contributed by atoms with van der Waals surface area (Å²) in [7, 11) is 1.55. The monoisotopic (exact) mass is 366 g/mol. The van der Waals surface area contributed by atoms with Crippen molar-refractivity contribution in [2.75, 3.05) is 7.05 Å². The third-order valence-corrected chi connectivity index (χ3v) is 5.18. The number of fused-ring (bicyclic) bond motifs is 2. The minimum Gasteiger partial charge on any atom is -0.490 e. The van der Waals surface area contributed by atoms with E-state index < -0.39 is 5.54 Å². The highest BCUT2D eigenvalue weighted by atomic mass is 79.9. The highest BCUT2D eigenvalue weighted by Gasteiger charge is 2.52. The fraction of sp³-hybridized carbons (Fsp3) is 0.500. The van der Waals surface area contributed by atoms with Crippen LogP contribution in [0.25, 0.3) is 0 Å². The molecule has 0 bridgehead atoms. The van der Waals surface area contributed by atoms with Crippen LogP contribution in [-0.4, -0.2) is 25.5 Å². The van der Waals surface area contributed by atoms with Crippen LogP contribution in [0.4, 0.5) is 4.79 Å². The van der Waals surface area contributed by atoms with Gasteiger partial charge in [-0.2, -0.15) is 0 Å². The minimum atomic E-state index is -1.04. The Morgan fingerprint density at radius 3 is 2.91 bits per heavy atom. The van der Waals surface area contributed by atoms with Crippen molar-refractivity contribution in [3.05, 3.63) is 28.2 Å². The number of ether oxygens (including phenoxy) is 1. The van der Waals surface area contributed by atoms with E-state index in [1.807, 2.05) is 18.2 Å². The van der Waals surface area contributed by atoms with Crippen LogP contribution < -0.4 is 15.4 Å². The first kappa shape index (κ1) is 15.3. The van der Waals surface area contributed by atoms with Gasteiger partial charge in [-0.15, -0.1) is 0 Å². The molecule has 6 heteroatoms. The lowest BCUT2D eigenvalue weighted by Crippen LogP contribution is -2.61. The summed E-state index contributed by atoms with van der Waals surface area (Å²) in [6, 6.07) is 5.25. The van der Waals surface area contributed by atoms with Crippen LogP contribution in [0.3, 0.4) is 0 Å². The molecule has 1 aliphatic carbocycles. The Labute approximate surface area is 137 Å². The predicted molar refractivity (Wildman–Crippen MR) is 85.8 cm³/mol. The zero-order chi connectivity index (χ0) is 15.7. The van der Waals surface area contributed by atoms with Crippen molar-refractivity contribution in [2.45, 2.75) is 37.3 Å². The Hall–Kier alpha value is -1.56. The SMILES string of the molecule is CNC(=O)NC1(C=O)c2cc(Br)ccc2OC2CCCCC21. The van der Waals surface area contributed by atoms with Crippen molar-refractivity contribution in [1.29, 1.82) is 0 Å². The first-order chi connectivity index (χ1) is 10.6. The maximum Gasteiger partial charge on any atom is 0.315 e. The summed E-state index contributed by atoms with van der Waals surface area (Å²) < 4.78 is 6.97. The maximum absolute atomic E-state index is 12.1. The maximum atomic E-state index is 12.1. The Kier molecular flexibility index (Phi) is 4.12. The quantitative estimate of drug-likeness (QED) is 0.790. The van der Waals surface area contributed by atoms with Crippen LogP contribution in [0.5, 0.6) is 5.75 Å². The number of hydrogen-bond donors (Lipinski definition) is 2. The van der Waals surface area contributed by atoms with Gasteiger partial charge in [-0.25, -0.2) is 4.79 Å². The van der Waals surface area contributed by atoms with Gasteiger partial charge >= 0.3 is 6.03 Å². The molecule has 2 aliphatic rings. The van der Waals surface area contributed by atoms with Gasteiger partial charge in [0.2, 0.25) is 0 Å². The fourth-order valence-corrected chi connectivity index (χ4v) is 4.00. The summed E-state index contributed by atoms with van der Waals surface area (Å²) in [5.41, 5.74) is -0.314. The predicted octanol–water partition coefficient (Wildman–Crippen LogP) is 2.72. The van der Waals surface area contributed by atoms with Crippen LogP contribution in [-0.2, 0) is 10.3 Å². The molecule has 2 N–H and O–H groups in total. The Balaban J connectivity index is 2.14. The number of aldehydes is 1. The molecule has 118 valence electrons. The molecule has 2 amide bonds. The normalized spacial score (nSPS) is 29.5. The summed E-state index contributed by atoms with van der Waals surface area (Å²) in [5, 5.41) is 5.45. The molecule has 0 saturated heterocycles. The number of urea groups is 1. The van der Waals surface area contributed by atoms with Gasteiger partial charge in [-0.05, 0) is 37.5 Å². The van der Waals surface area contributed by atoms with Crippen LogP contribution >= 0.6 is 15.9 Å². The highest BCUT2D eigenvalue weighted by Crippen LogP contribution is 2.48. The number of amides is 2. The standard InChI is InChI=1S/C16H19BrN2O3/c1-18-15(21)19-16(9-20)11-4-2-3-5-13(11)22-14-7-6-10(17)8-12(14)16/h6-9,11,13H,2-5H2,1H3,(H2,18,19,21). The van der Waals surface area contributed by atoms with Crippen molar-refractivity contribution < 1.29 is 14.3 Å². The molecule has 5 nitrogen and oxygen atoms in total. The van der Waals surface area contributed by atoms with Gasteiger partial charge in [0.15, 0.2) is 6.29 Å². The topological polar surface area (TPSA) is 67.4 Å². The molecule has 1 saturated carbocycles. The largest absolute Gasteiger partial charge is 0.490 e. The van der Waals surface area contributed by atoms with Crippen LogP contribution in [0.15, 0.2) is 22.7 Å². The molecule has 22 heavy (non-hydrogen) atoms. The van der Waals surface area contributed by atoms with Crippen LogP contribution in [0.2, 0.25) is 0 Å².